The van der Waals surface area contributed by atoms with Crippen LogP contribution in [0, 0.1) is 12.8 Å². The van der Waals surface area contributed by atoms with Gasteiger partial charge < -0.3 is 5.73 Å². The Hall–Kier alpha value is -0.380. The van der Waals surface area contributed by atoms with Crippen LogP contribution in [0.15, 0.2) is 22.7 Å². The molecular weight excluding hydrogens is 288 g/mol. The van der Waals surface area contributed by atoms with Crippen LogP contribution in [0.5, 0.6) is 0 Å². The van der Waals surface area contributed by atoms with Crippen molar-refractivity contribution in [2.45, 2.75) is 33.2 Å². The lowest BCUT2D eigenvalue weighted by atomic mass is 10.0. The molecule has 1 aromatic rings. The second kappa shape index (κ2) is 7.27. The zero-order chi connectivity index (χ0) is 13.7. The van der Waals surface area contributed by atoms with Gasteiger partial charge in [0.1, 0.15) is 0 Å². The van der Waals surface area contributed by atoms with Crippen molar-refractivity contribution in [1.82, 2.24) is 4.90 Å². The van der Waals surface area contributed by atoms with Crippen LogP contribution in [-0.4, -0.2) is 25.0 Å². The Kier molecular flexibility index (Phi) is 6.33. The highest BCUT2D eigenvalue weighted by atomic mass is 79.9. The number of hydrogen-bond donors (Lipinski definition) is 1. The molecule has 3 heteroatoms. The van der Waals surface area contributed by atoms with Crippen LogP contribution in [0.25, 0.3) is 0 Å². The Labute approximate surface area is 120 Å². The zero-order valence-corrected chi connectivity index (χ0v) is 13.5. The molecule has 2 unspecified atom stereocenters. The van der Waals surface area contributed by atoms with Crippen molar-refractivity contribution in [3.05, 3.63) is 33.8 Å². The van der Waals surface area contributed by atoms with Crippen LogP contribution in [0.2, 0.25) is 0 Å². The van der Waals surface area contributed by atoms with Gasteiger partial charge in [-0.3, -0.25) is 4.90 Å². The van der Waals surface area contributed by atoms with Crippen molar-refractivity contribution < 1.29 is 0 Å². The van der Waals surface area contributed by atoms with E-state index in [2.05, 4.69) is 66.8 Å². The minimum Gasteiger partial charge on any atom is -0.329 e. The van der Waals surface area contributed by atoms with Gasteiger partial charge in [-0.2, -0.15) is 0 Å². The highest BCUT2D eigenvalue weighted by Gasteiger charge is 2.19. The quantitative estimate of drug-likeness (QED) is 0.867. The Bertz CT molecular complexity index is 379. The van der Waals surface area contributed by atoms with Crippen molar-refractivity contribution in [3.63, 3.8) is 0 Å². The maximum Gasteiger partial charge on any atom is 0.0478 e. The smallest absolute Gasteiger partial charge is 0.0478 e. The molecule has 0 fully saturated rings. The van der Waals surface area contributed by atoms with E-state index in [1.54, 1.807) is 0 Å². The van der Waals surface area contributed by atoms with E-state index in [4.69, 9.17) is 5.73 Å². The maximum absolute atomic E-state index is 5.97. The molecule has 0 bridgehead atoms. The first-order valence-electron chi connectivity index (χ1n) is 6.65. The van der Waals surface area contributed by atoms with Crippen LogP contribution >= 0.6 is 15.9 Å². The van der Waals surface area contributed by atoms with Gasteiger partial charge in [0.25, 0.3) is 0 Å². The monoisotopic (exact) mass is 312 g/mol. The molecule has 1 rings (SSSR count). The van der Waals surface area contributed by atoms with Gasteiger partial charge in [-0.05, 0) is 37.1 Å². The summed E-state index contributed by atoms with van der Waals surface area (Å²) < 4.78 is 1.16. The number of aryl methyl sites for hydroxylation is 1. The molecule has 0 spiro atoms. The predicted molar refractivity (Wildman–Crippen MR) is 82.8 cm³/mol. The number of hydrogen-bond acceptors (Lipinski definition) is 2. The van der Waals surface area contributed by atoms with E-state index in [1.165, 1.54) is 17.5 Å². The molecule has 0 saturated heterocycles. The highest BCUT2D eigenvalue weighted by Crippen LogP contribution is 2.28. The summed E-state index contributed by atoms with van der Waals surface area (Å²) in [5.41, 5.74) is 8.52. The standard InChI is InChI=1S/C15H25BrN2/c1-5-11(2)10-18(4)15(9-17)13-7-6-12(3)8-14(13)16/h6-8,11,15H,5,9-10,17H2,1-4H3. The molecule has 18 heavy (non-hydrogen) atoms. The Morgan fingerprint density at radius 2 is 2.06 bits per heavy atom. The van der Waals surface area contributed by atoms with Crippen molar-refractivity contribution in [2.24, 2.45) is 11.7 Å². The SMILES string of the molecule is CCC(C)CN(C)C(CN)c1ccc(C)cc1Br. The van der Waals surface area contributed by atoms with Crippen LogP contribution in [0.1, 0.15) is 37.4 Å². The first kappa shape index (κ1) is 15.7. The molecule has 102 valence electrons. The first-order valence-corrected chi connectivity index (χ1v) is 7.45. The summed E-state index contributed by atoms with van der Waals surface area (Å²) in [6.07, 6.45) is 1.21. The maximum atomic E-state index is 5.97. The highest BCUT2D eigenvalue weighted by molar-refractivity contribution is 9.10. The van der Waals surface area contributed by atoms with Crippen LogP contribution in [0.3, 0.4) is 0 Å². The van der Waals surface area contributed by atoms with Crippen molar-refractivity contribution >= 4 is 15.9 Å². The van der Waals surface area contributed by atoms with Gasteiger partial charge in [-0.15, -0.1) is 0 Å². The van der Waals surface area contributed by atoms with Crippen LogP contribution in [-0.2, 0) is 0 Å². The number of halogens is 1. The molecule has 0 aromatic heterocycles. The Balaban J connectivity index is 2.88. The largest absolute Gasteiger partial charge is 0.329 e. The first-order chi connectivity index (χ1) is 8.49. The zero-order valence-electron chi connectivity index (χ0n) is 11.9. The van der Waals surface area contributed by atoms with E-state index in [9.17, 15) is 0 Å². The Morgan fingerprint density at radius 3 is 2.56 bits per heavy atom. The lowest BCUT2D eigenvalue weighted by Gasteiger charge is -2.30. The summed E-state index contributed by atoms with van der Waals surface area (Å²) in [7, 11) is 2.16. The average molecular weight is 313 g/mol. The van der Waals surface area contributed by atoms with E-state index in [-0.39, 0.29) is 6.04 Å². The third-order valence-electron chi connectivity index (χ3n) is 3.57. The second-order valence-corrected chi connectivity index (χ2v) is 6.08. The van der Waals surface area contributed by atoms with Crippen molar-refractivity contribution in [3.8, 4) is 0 Å². The van der Waals surface area contributed by atoms with Crippen LogP contribution in [0.4, 0.5) is 0 Å². The van der Waals surface area contributed by atoms with Crippen LogP contribution < -0.4 is 5.73 Å². The fourth-order valence-corrected chi connectivity index (χ4v) is 2.95. The van der Waals surface area contributed by atoms with Crippen molar-refractivity contribution in [1.29, 1.82) is 0 Å². The lowest BCUT2D eigenvalue weighted by molar-refractivity contribution is 0.214. The third-order valence-corrected chi connectivity index (χ3v) is 4.25. The lowest BCUT2D eigenvalue weighted by Crippen LogP contribution is -2.33. The molecule has 0 aliphatic heterocycles. The molecule has 0 aliphatic rings. The molecule has 0 amide bonds. The molecule has 2 atom stereocenters. The van der Waals surface area contributed by atoms with E-state index in [0.717, 1.165) is 11.0 Å². The van der Waals surface area contributed by atoms with E-state index in [0.29, 0.717) is 12.5 Å². The Morgan fingerprint density at radius 1 is 1.39 bits per heavy atom. The molecule has 0 radical (unpaired) electrons. The van der Waals surface area contributed by atoms with E-state index in [1.807, 2.05) is 0 Å². The van der Waals surface area contributed by atoms with Gasteiger partial charge in [-0.25, -0.2) is 0 Å². The number of benzene rings is 1. The van der Waals surface area contributed by atoms with Gasteiger partial charge in [-0.1, -0.05) is 48.3 Å². The number of nitrogens with zero attached hydrogens (tertiary/aromatic N) is 1. The molecular formula is C15H25BrN2. The topological polar surface area (TPSA) is 29.3 Å². The molecule has 2 nitrogen and oxygen atoms in total. The third kappa shape index (κ3) is 4.08. The van der Waals surface area contributed by atoms with Gasteiger partial charge in [0.05, 0.1) is 0 Å². The van der Waals surface area contributed by atoms with Gasteiger partial charge in [0, 0.05) is 23.6 Å². The summed E-state index contributed by atoms with van der Waals surface area (Å²) in [6, 6.07) is 6.79. The summed E-state index contributed by atoms with van der Waals surface area (Å²) in [5.74, 6) is 0.702. The molecule has 2 N–H and O–H groups in total. The number of likely N-dealkylation sites (N-methyl/N-ethyl adjacent to an activating group) is 1. The summed E-state index contributed by atoms with van der Waals surface area (Å²) in [5, 5.41) is 0. The minimum absolute atomic E-state index is 0.286. The molecule has 0 aliphatic carbocycles. The molecule has 0 heterocycles. The number of nitrogens with two attached hydrogens (primary N) is 1. The summed E-state index contributed by atoms with van der Waals surface area (Å²) in [4.78, 5) is 2.36. The predicted octanol–water partition coefficient (Wildman–Crippen LogP) is 3.74. The van der Waals surface area contributed by atoms with Gasteiger partial charge in [0.2, 0.25) is 0 Å². The van der Waals surface area contributed by atoms with E-state index < -0.39 is 0 Å². The normalized spacial score (nSPS) is 14.8. The fraction of sp³-hybridized carbons (Fsp3) is 0.600. The minimum atomic E-state index is 0.286. The number of rotatable bonds is 6. The fourth-order valence-electron chi connectivity index (χ4n) is 2.19. The summed E-state index contributed by atoms with van der Waals surface area (Å²) >= 11 is 3.66. The molecule has 0 saturated carbocycles. The second-order valence-electron chi connectivity index (χ2n) is 5.23. The van der Waals surface area contributed by atoms with E-state index >= 15 is 0 Å². The summed E-state index contributed by atoms with van der Waals surface area (Å²) in [6.45, 7) is 8.36. The van der Waals surface area contributed by atoms with Gasteiger partial charge in [0.15, 0.2) is 0 Å². The molecule has 1 aromatic carbocycles. The van der Waals surface area contributed by atoms with Crippen molar-refractivity contribution in [2.75, 3.05) is 20.1 Å². The van der Waals surface area contributed by atoms with Gasteiger partial charge >= 0.3 is 0 Å². The average Bonchev–Trinajstić information content (AvgIpc) is 2.32.